The number of para-hydroxylation sites is 1. The number of hydrogen-bond acceptors (Lipinski definition) is 3. The van der Waals surface area contributed by atoms with Gasteiger partial charge in [0.15, 0.2) is 0 Å². The molecule has 18 heavy (non-hydrogen) atoms. The van der Waals surface area contributed by atoms with Crippen LogP contribution in [0.3, 0.4) is 0 Å². The molecule has 4 nitrogen and oxygen atoms in total. The van der Waals surface area contributed by atoms with Crippen LogP contribution >= 0.6 is 0 Å². The van der Waals surface area contributed by atoms with Crippen molar-refractivity contribution in [2.45, 2.75) is 12.8 Å². The second-order valence-electron chi connectivity index (χ2n) is 4.39. The van der Waals surface area contributed by atoms with E-state index >= 15 is 0 Å². The molecule has 0 unspecified atom stereocenters. The van der Waals surface area contributed by atoms with Gasteiger partial charge in [-0.15, -0.1) is 0 Å². The summed E-state index contributed by atoms with van der Waals surface area (Å²) in [5.74, 6) is -1.45. The highest BCUT2D eigenvalue weighted by Crippen LogP contribution is 2.48. The molecule has 0 N–H and O–H groups in total. The third-order valence-electron chi connectivity index (χ3n) is 3.25. The molecule has 1 aliphatic rings. The lowest BCUT2D eigenvalue weighted by Crippen LogP contribution is -2.39. The predicted molar refractivity (Wildman–Crippen MR) is 63.5 cm³/mol. The number of amides is 1. The molecule has 1 aliphatic carbocycles. The van der Waals surface area contributed by atoms with Gasteiger partial charge in [-0.1, -0.05) is 12.1 Å². The second kappa shape index (κ2) is 4.40. The fraction of sp³-hybridized carbons (Fsp3) is 0.385. The summed E-state index contributed by atoms with van der Waals surface area (Å²) in [4.78, 5) is 25.0. The van der Waals surface area contributed by atoms with Gasteiger partial charge < -0.3 is 9.64 Å². The molecule has 1 aromatic rings. The molecule has 0 heterocycles. The van der Waals surface area contributed by atoms with Gasteiger partial charge in [0.1, 0.15) is 11.2 Å². The van der Waals surface area contributed by atoms with E-state index < -0.39 is 23.1 Å². The summed E-state index contributed by atoms with van der Waals surface area (Å²) < 4.78 is 18.2. The Bertz CT molecular complexity index is 497. The Hall–Kier alpha value is -1.91. The lowest BCUT2D eigenvalue weighted by molar-refractivity contribution is -0.151. The largest absolute Gasteiger partial charge is 0.468 e. The van der Waals surface area contributed by atoms with E-state index in [1.54, 1.807) is 12.1 Å². The molecular formula is C13H14FNO3. The number of esters is 1. The second-order valence-corrected chi connectivity index (χ2v) is 4.39. The summed E-state index contributed by atoms with van der Waals surface area (Å²) in [5.41, 5.74) is -0.941. The van der Waals surface area contributed by atoms with E-state index in [1.807, 2.05) is 0 Å². The van der Waals surface area contributed by atoms with Crippen LogP contribution in [-0.4, -0.2) is 26.0 Å². The van der Waals surface area contributed by atoms with Crippen molar-refractivity contribution in [3.63, 3.8) is 0 Å². The fourth-order valence-electron chi connectivity index (χ4n) is 1.98. The summed E-state index contributed by atoms with van der Waals surface area (Å²) >= 11 is 0. The number of benzene rings is 1. The summed E-state index contributed by atoms with van der Waals surface area (Å²) in [6, 6.07) is 5.96. The van der Waals surface area contributed by atoms with E-state index in [0.717, 1.165) is 0 Å². The van der Waals surface area contributed by atoms with Crippen LogP contribution in [0.5, 0.6) is 0 Å². The molecule has 1 aromatic carbocycles. The Morgan fingerprint density at radius 3 is 2.44 bits per heavy atom. The predicted octanol–water partition coefficient (Wildman–Crippen LogP) is 1.74. The van der Waals surface area contributed by atoms with E-state index in [1.165, 1.54) is 31.2 Å². The molecule has 0 spiro atoms. The van der Waals surface area contributed by atoms with Crippen LogP contribution in [0, 0.1) is 11.2 Å². The zero-order valence-corrected chi connectivity index (χ0v) is 10.3. The molecule has 0 atom stereocenters. The molecule has 0 aromatic heterocycles. The van der Waals surface area contributed by atoms with Crippen LogP contribution in [0.4, 0.5) is 10.1 Å². The minimum atomic E-state index is -1.11. The van der Waals surface area contributed by atoms with Gasteiger partial charge in [-0.25, -0.2) is 4.39 Å². The van der Waals surface area contributed by atoms with Crippen LogP contribution in [0.1, 0.15) is 12.8 Å². The third kappa shape index (κ3) is 1.85. The number of hydrogen-bond donors (Lipinski definition) is 0. The van der Waals surface area contributed by atoms with E-state index in [4.69, 9.17) is 0 Å². The van der Waals surface area contributed by atoms with Gasteiger partial charge in [-0.2, -0.15) is 0 Å². The molecule has 2 rings (SSSR count). The number of nitrogens with zero attached hydrogens (tertiary/aromatic N) is 1. The first-order valence-electron chi connectivity index (χ1n) is 5.64. The number of carbonyl (C=O) groups excluding carboxylic acids is 2. The van der Waals surface area contributed by atoms with Gasteiger partial charge >= 0.3 is 5.97 Å². The number of carbonyl (C=O) groups is 2. The van der Waals surface area contributed by atoms with Crippen molar-refractivity contribution in [2.24, 2.45) is 5.41 Å². The Morgan fingerprint density at radius 2 is 1.94 bits per heavy atom. The molecule has 1 amide bonds. The molecule has 0 saturated heterocycles. The van der Waals surface area contributed by atoms with E-state index in [0.29, 0.717) is 12.8 Å². The number of anilines is 1. The maximum Gasteiger partial charge on any atom is 0.321 e. The first-order valence-corrected chi connectivity index (χ1v) is 5.64. The van der Waals surface area contributed by atoms with Crippen molar-refractivity contribution in [1.82, 2.24) is 0 Å². The summed E-state index contributed by atoms with van der Waals surface area (Å²) in [5, 5.41) is 0. The van der Waals surface area contributed by atoms with Crippen LogP contribution in [0.2, 0.25) is 0 Å². The van der Waals surface area contributed by atoms with Crippen molar-refractivity contribution in [1.29, 1.82) is 0 Å². The van der Waals surface area contributed by atoms with Crippen molar-refractivity contribution >= 4 is 17.6 Å². The molecule has 0 radical (unpaired) electrons. The molecule has 5 heteroatoms. The standard InChI is InChI=1S/C13H14FNO3/c1-15(10-6-4-3-5-9(10)14)11(16)13(7-8-13)12(17)18-2/h3-6H,7-8H2,1-2H3. The Kier molecular flexibility index (Phi) is 3.07. The summed E-state index contributed by atoms with van der Waals surface area (Å²) in [7, 11) is 2.71. The third-order valence-corrected chi connectivity index (χ3v) is 3.25. The normalized spacial score (nSPS) is 15.9. The quantitative estimate of drug-likeness (QED) is 0.607. The van der Waals surface area contributed by atoms with E-state index in [2.05, 4.69) is 4.74 Å². The molecule has 1 fully saturated rings. The summed E-state index contributed by atoms with van der Waals surface area (Å²) in [6.45, 7) is 0. The number of methoxy groups -OCH3 is 1. The van der Waals surface area contributed by atoms with Gasteiger partial charge in [0, 0.05) is 7.05 Å². The number of rotatable bonds is 3. The zero-order chi connectivity index (χ0) is 13.3. The molecule has 0 bridgehead atoms. The first-order chi connectivity index (χ1) is 8.53. The average molecular weight is 251 g/mol. The minimum Gasteiger partial charge on any atom is -0.468 e. The minimum absolute atomic E-state index is 0.165. The van der Waals surface area contributed by atoms with Gasteiger partial charge in [0.05, 0.1) is 12.8 Å². The Morgan fingerprint density at radius 1 is 1.33 bits per heavy atom. The van der Waals surface area contributed by atoms with Crippen LogP contribution < -0.4 is 4.90 Å². The van der Waals surface area contributed by atoms with Gasteiger partial charge in [0.2, 0.25) is 5.91 Å². The highest BCUT2D eigenvalue weighted by Gasteiger charge is 2.59. The molecule has 96 valence electrons. The average Bonchev–Trinajstić information content (AvgIpc) is 3.18. The molecule has 1 saturated carbocycles. The smallest absolute Gasteiger partial charge is 0.321 e. The molecular weight excluding hydrogens is 237 g/mol. The maximum absolute atomic E-state index is 13.6. The van der Waals surface area contributed by atoms with Crippen LogP contribution in [0.15, 0.2) is 24.3 Å². The van der Waals surface area contributed by atoms with E-state index in [9.17, 15) is 14.0 Å². The zero-order valence-electron chi connectivity index (χ0n) is 10.3. The van der Waals surface area contributed by atoms with Gasteiger partial charge in [-0.3, -0.25) is 9.59 Å². The maximum atomic E-state index is 13.6. The van der Waals surface area contributed by atoms with Crippen molar-refractivity contribution in [2.75, 3.05) is 19.1 Å². The van der Waals surface area contributed by atoms with E-state index in [-0.39, 0.29) is 5.69 Å². The Balaban J connectivity index is 2.25. The van der Waals surface area contributed by atoms with Crippen LogP contribution in [0.25, 0.3) is 0 Å². The van der Waals surface area contributed by atoms with Gasteiger partial charge in [-0.05, 0) is 25.0 Å². The van der Waals surface area contributed by atoms with Gasteiger partial charge in [0.25, 0.3) is 0 Å². The Labute approximate surface area is 104 Å². The summed E-state index contributed by atoms with van der Waals surface area (Å²) in [6.07, 6.45) is 0.911. The SMILES string of the molecule is COC(=O)C1(C(=O)N(C)c2ccccc2F)CC1. The van der Waals surface area contributed by atoms with Crippen molar-refractivity contribution in [3.05, 3.63) is 30.1 Å². The lowest BCUT2D eigenvalue weighted by Gasteiger charge is -2.22. The lowest BCUT2D eigenvalue weighted by atomic mass is 10.1. The monoisotopic (exact) mass is 251 g/mol. The fourth-order valence-corrected chi connectivity index (χ4v) is 1.98. The highest BCUT2D eigenvalue weighted by atomic mass is 19.1. The number of halogens is 1. The highest BCUT2D eigenvalue weighted by molar-refractivity contribution is 6.12. The first kappa shape index (κ1) is 12.5. The van der Waals surface area contributed by atoms with Crippen LogP contribution in [-0.2, 0) is 14.3 Å². The van der Waals surface area contributed by atoms with Crippen molar-refractivity contribution < 1.29 is 18.7 Å². The molecule has 0 aliphatic heterocycles. The number of ether oxygens (including phenoxy) is 1. The van der Waals surface area contributed by atoms with Crippen molar-refractivity contribution in [3.8, 4) is 0 Å². The topological polar surface area (TPSA) is 46.6 Å².